The van der Waals surface area contributed by atoms with Gasteiger partial charge in [0.25, 0.3) is 0 Å². The molecule has 0 bridgehead atoms. The summed E-state index contributed by atoms with van der Waals surface area (Å²) in [5.41, 5.74) is 0.125. The van der Waals surface area contributed by atoms with Gasteiger partial charge in [0.2, 0.25) is 0 Å². The molecule has 0 amide bonds. The Morgan fingerprint density at radius 1 is 1.10 bits per heavy atom. The maximum atomic E-state index is 14.8. The molecule has 0 unspecified atom stereocenters. The number of halogens is 2. The molecular weight excluding hydrogens is 273 g/mol. The fourth-order valence-electron chi connectivity index (χ4n) is 2.82. The fraction of sp³-hybridized carbons (Fsp3) is 0.500. The molecule has 0 atom stereocenters. The number of hydrogen-bond donors (Lipinski definition) is 0. The van der Waals surface area contributed by atoms with Crippen molar-refractivity contribution in [3.63, 3.8) is 0 Å². The third kappa shape index (κ3) is 2.23. The Morgan fingerprint density at radius 3 is 2.33 bits per heavy atom. The minimum Gasteiger partial charge on any atom is -0.398 e. The van der Waals surface area contributed by atoms with Crippen LogP contribution in [0.1, 0.15) is 45.2 Å². The van der Waals surface area contributed by atoms with E-state index in [-0.39, 0.29) is 5.82 Å². The molecule has 1 aromatic rings. The monoisotopic (exact) mass is 292 g/mol. The highest BCUT2D eigenvalue weighted by molar-refractivity contribution is 6.55. The van der Waals surface area contributed by atoms with Crippen LogP contribution in [-0.2, 0) is 15.7 Å². The van der Waals surface area contributed by atoms with Gasteiger partial charge in [0.1, 0.15) is 11.5 Å². The normalized spacial score (nSPS) is 25.1. The van der Waals surface area contributed by atoms with E-state index in [2.05, 4.69) is 0 Å². The van der Waals surface area contributed by atoms with Crippen molar-refractivity contribution in [2.75, 3.05) is 0 Å². The Hall–Kier alpha value is -1.20. The molecule has 0 aromatic heterocycles. The second kappa shape index (κ2) is 4.65. The van der Waals surface area contributed by atoms with Gasteiger partial charge in [-0.1, -0.05) is 12.1 Å². The van der Waals surface area contributed by atoms with Gasteiger partial charge in [-0.25, -0.2) is 8.78 Å². The van der Waals surface area contributed by atoms with Gasteiger partial charge in [0.15, 0.2) is 0 Å². The zero-order chi connectivity index (χ0) is 15.4. The van der Waals surface area contributed by atoms with Crippen LogP contribution < -0.4 is 0 Å². The number of allylic oxidation sites excluding steroid dienone is 1. The first-order chi connectivity index (χ1) is 9.73. The molecule has 112 valence electrons. The summed E-state index contributed by atoms with van der Waals surface area (Å²) in [6, 6.07) is 4.77. The van der Waals surface area contributed by atoms with Crippen molar-refractivity contribution in [3.8, 4) is 0 Å². The Bertz CT molecular complexity index is 607. The Kier molecular flexibility index (Phi) is 3.26. The molecule has 1 aliphatic heterocycles. The van der Waals surface area contributed by atoms with E-state index in [1.807, 2.05) is 27.7 Å². The van der Waals surface area contributed by atoms with Gasteiger partial charge < -0.3 is 9.31 Å². The lowest BCUT2D eigenvalue weighted by atomic mass is 9.83. The van der Waals surface area contributed by atoms with Gasteiger partial charge in [-0.2, -0.15) is 0 Å². The summed E-state index contributed by atoms with van der Waals surface area (Å²) in [7, 11) is -1.01. The van der Waals surface area contributed by atoms with Gasteiger partial charge in [0, 0.05) is 0 Å². The van der Waals surface area contributed by atoms with Gasteiger partial charge in [0.05, 0.1) is 11.2 Å². The van der Waals surface area contributed by atoms with E-state index in [0.717, 1.165) is 0 Å². The number of fused-ring (bicyclic) bond motifs is 1. The van der Waals surface area contributed by atoms with Crippen molar-refractivity contribution in [1.29, 1.82) is 0 Å². The summed E-state index contributed by atoms with van der Waals surface area (Å²) < 4.78 is 40.0. The second-order valence-electron chi connectivity index (χ2n) is 6.68. The molecule has 1 heterocycles. The smallest absolute Gasteiger partial charge is 0.398 e. The minimum atomic E-state index is -1.01. The molecule has 0 saturated carbocycles. The van der Waals surface area contributed by atoms with Crippen LogP contribution in [-0.4, -0.2) is 18.3 Å². The predicted molar refractivity (Wildman–Crippen MR) is 78.8 cm³/mol. The summed E-state index contributed by atoms with van der Waals surface area (Å²) in [5, 5.41) is 0. The third-order valence-electron chi connectivity index (χ3n) is 4.82. The molecule has 2 aliphatic rings. The van der Waals surface area contributed by atoms with E-state index < -0.39 is 24.0 Å². The van der Waals surface area contributed by atoms with Crippen LogP contribution in [0.5, 0.6) is 0 Å². The first-order valence-corrected chi connectivity index (χ1v) is 7.25. The number of hydrogen-bond acceptors (Lipinski definition) is 2. The first kappa shape index (κ1) is 14.7. The molecule has 2 nitrogen and oxygen atoms in total. The summed E-state index contributed by atoms with van der Waals surface area (Å²) in [5.74, 6) is -0.274. The number of benzene rings is 1. The lowest BCUT2D eigenvalue weighted by Crippen LogP contribution is -2.41. The molecule has 1 aromatic carbocycles. The van der Waals surface area contributed by atoms with E-state index in [1.54, 1.807) is 12.1 Å². The van der Waals surface area contributed by atoms with Gasteiger partial charge in [-0.05, 0) is 63.3 Å². The maximum absolute atomic E-state index is 14.8. The number of rotatable bonds is 1. The van der Waals surface area contributed by atoms with Crippen molar-refractivity contribution >= 4 is 12.7 Å². The van der Waals surface area contributed by atoms with Crippen LogP contribution in [0.2, 0.25) is 0 Å². The predicted octanol–water partition coefficient (Wildman–Crippen LogP) is 4.08. The van der Waals surface area contributed by atoms with Crippen molar-refractivity contribution in [2.24, 2.45) is 0 Å². The molecule has 0 N–H and O–H groups in total. The van der Waals surface area contributed by atoms with Crippen molar-refractivity contribution in [1.82, 2.24) is 0 Å². The van der Waals surface area contributed by atoms with E-state index in [4.69, 9.17) is 9.31 Å². The second-order valence-corrected chi connectivity index (χ2v) is 6.68. The average molecular weight is 292 g/mol. The van der Waals surface area contributed by atoms with Crippen LogP contribution in [0.4, 0.5) is 8.78 Å². The molecule has 3 rings (SSSR count). The van der Waals surface area contributed by atoms with Crippen LogP contribution in [0.3, 0.4) is 0 Å². The Morgan fingerprint density at radius 2 is 1.71 bits per heavy atom. The van der Waals surface area contributed by atoms with Gasteiger partial charge >= 0.3 is 7.12 Å². The molecule has 1 saturated heterocycles. The molecule has 5 heteroatoms. The molecular formula is C16H19BF2O2. The quantitative estimate of drug-likeness (QED) is 0.726. The van der Waals surface area contributed by atoms with Crippen LogP contribution >= 0.6 is 0 Å². The molecule has 1 aliphatic carbocycles. The Labute approximate surface area is 124 Å². The summed E-state index contributed by atoms with van der Waals surface area (Å²) >= 11 is 0. The van der Waals surface area contributed by atoms with Gasteiger partial charge in [-0.3, -0.25) is 0 Å². The summed E-state index contributed by atoms with van der Waals surface area (Å²) in [6.45, 7) is 7.53. The summed E-state index contributed by atoms with van der Waals surface area (Å²) in [4.78, 5) is 0. The highest BCUT2D eigenvalue weighted by Crippen LogP contribution is 2.43. The van der Waals surface area contributed by atoms with Crippen LogP contribution in [0, 0.1) is 5.82 Å². The Balaban J connectivity index is 1.98. The lowest BCUT2D eigenvalue weighted by Gasteiger charge is -2.32. The molecule has 1 fully saturated rings. The zero-order valence-corrected chi connectivity index (χ0v) is 12.8. The third-order valence-corrected chi connectivity index (χ3v) is 4.82. The average Bonchev–Trinajstić information content (AvgIpc) is 2.89. The van der Waals surface area contributed by atoms with E-state index in [0.29, 0.717) is 29.5 Å². The molecule has 21 heavy (non-hydrogen) atoms. The fourth-order valence-corrected chi connectivity index (χ4v) is 2.82. The SMILES string of the molecule is CC1(C)OB(C(F)=C2CCc3c(F)cccc32)OC1(C)C. The largest absolute Gasteiger partial charge is 0.525 e. The first-order valence-electron chi connectivity index (χ1n) is 7.25. The van der Waals surface area contributed by atoms with Crippen LogP contribution in [0.15, 0.2) is 23.9 Å². The van der Waals surface area contributed by atoms with Crippen LogP contribution in [0.25, 0.3) is 5.57 Å². The van der Waals surface area contributed by atoms with Crippen molar-refractivity contribution < 1.29 is 18.1 Å². The van der Waals surface area contributed by atoms with E-state index >= 15 is 0 Å². The van der Waals surface area contributed by atoms with Crippen molar-refractivity contribution in [3.05, 3.63) is 40.9 Å². The minimum absolute atomic E-state index is 0.274. The standard InChI is InChI=1S/C16H19BF2O2/c1-15(2)16(3,4)21-17(20-15)14(19)12-9-8-11-10(12)6-5-7-13(11)18/h5-7H,8-9H2,1-4H3. The van der Waals surface area contributed by atoms with Gasteiger partial charge in [-0.15, -0.1) is 0 Å². The summed E-state index contributed by atoms with van der Waals surface area (Å²) in [6.07, 6.45) is 0.996. The van der Waals surface area contributed by atoms with Crippen molar-refractivity contribution in [2.45, 2.75) is 51.7 Å². The maximum Gasteiger partial charge on any atom is 0.525 e. The highest BCUT2D eigenvalue weighted by Gasteiger charge is 2.53. The molecule has 0 radical (unpaired) electrons. The zero-order valence-electron chi connectivity index (χ0n) is 12.8. The molecule has 0 spiro atoms. The highest BCUT2D eigenvalue weighted by atomic mass is 19.1. The lowest BCUT2D eigenvalue weighted by molar-refractivity contribution is 0.00578. The van der Waals surface area contributed by atoms with E-state index in [1.165, 1.54) is 6.07 Å². The van der Waals surface area contributed by atoms with E-state index in [9.17, 15) is 8.78 Å². The topological polar surface area (TPSA) is 18.5 Å².